The van der Waals surface area contributed by atoms with Crippen molar-refractivity contribution in [2.24, 2.45) is 0 Å². The van der Waals surface area contributed by atoms with E-state index in [1.165, 1.54) is 4.90 Å². The van der Waals surface area contributed by atoms with Crippen LogP contribution in [0, 0.1) is 0 Å². The van der Waals surface area contributed by atoms with Crippen molar-refractivity contribution in [2.45, 2.75) is 39.7 Å². The Bertz CT molecular complexity index is 499. The number of nitrogens with zero attached hydrogens (tertiary/aromatic N) is 4. The Hall–Kier alpha value is -2.06. The SMILES string of the molecule is CCCN(CCC)C(=O)Cn1nnc(C(=O)O)c1C(F)F. The van der Waals surface area contributed by atoms with Crippen molar-refractivity contribution in [3.63, 3.8) is 0 Å². The Morgan fingerprint density at radius 2 is 1.86 bits per heavy atom. The molecule has 0 fully saturated rings. The van der Waals surface area contributed by atoms with Crippen LogP contribution in [0.5, 0.6) is 0 Å². The third-order valence-corrected chi connectivity index (χ3v) is 2.81. The molecule has 0 aliphatic carbocycles. The first kappa shape index (κ1) is 17.0. The maximum Gasteiger partial charge on any atom is 0.358 e. The second-order valence-electron chi connectivity index (χ2n) is 4.47. The van der Waals surface area contributed by atoms with Crippen LogP contribution in [0.3, 0.4) is 0 Å². The predicted molar refractivity (Wildman–Crippen MR) is 69.1 cm³/mol. The van der Waals surface area contributed by atoms with Crippen molar-refractivity contribution >= 4 is 11.9 Å². The first-order chi connectivity index (χ1) is 9.92. The lowest BCUT2D eigenvalue weighted by Gasteiger charge is -2.21. The number of halogens is 2. The van der Waals surface area contributed by atoms with Gasteiger partial charge in [-0.05, 0) is 12.8 Å². The smallest absolute Gasteiger partial charge is 0.358 e. The summed E-state index contributed by atoms with van der Waals surface area (Å²) in [5.74, 6) is -1.98. The molecular formula is C12H18F2N4O3. The molecule has 0 aromatic carbocycles. The summed E-state index contributed by atoms with van der Waals surface area (Å²) in [5.41, 5.74) is -1.67. The molecule has 0 aliphatic rings. The summed E-state index contributed by atoms with van der Waals surface area (Å²) in [6, 6.07) is 0. The zero-order valence-corrected chi connectivity index (χ0v) is 11.9. The average molecular weight is 304 g/mol. The highest BCUT2D eigenvalue weighted by molar-refractivity contribution is 5.86. The van der Waals surface area contributed by atoms with E-state index < -0.39 is 30.3 Å². The molecule has 0 atom stereocenters. The van der Waals surface area contributed by atoms with E-state index in [0.717, 1.165) is 12.8 Å². The highest BCUT2D eigenvalue weighted by atomic mass is 19.3. The van der Waals surface area contributed by atoms with Crippen LogP contribution >= 0.6 is 0 Å². The summed E-state index contributed by atoms with van der Waals surface area (Å²) in [4.78, 5) is 24.5. The molecule has 1 amide bonds. The standard InChI is InChI=1S/C12H18F2N4O3/c1-3-5-17(6-4-2)8(19)7-18-10(11(13)14)9(12(20)21)15-16-18/h11H,3-7H2,1-2H3,(H,20,21). The number of carbonyl (C=O) groups is 2. The summed E-state index contributed by atoms with van der Waals surface area (Å²) >= 11 is 0. The molecular weight excluding hydrogens is 286 g/mol. The largest absolute Gasteiger partial charge is 0.476 e. The summed E-state index contributed by atoms with van der Waals surface area (Å²) in [7, 11) is 0. The third-order valence-electron chi connectivity index (χ3n) is 2.81. The quantitative estimate of drug-likeness (QED) is 0.787. The summed E-state index contributed by atoms with van der Waals surface area (Å²) in [6.07, 6.45) is -1.58. The number of hydrogen-bond donors (Lipinski definition) is 1. The van der Waals surface area contributed by atoms with Crippen molar-refractivity contribution in [2.75, 3.05) is 13.1 Å². The lowest BCUT2D eigenvalue weighted by Crippen LogP contribution is -2.35. The molecule has 1 heterocycles. The van der Waals surface area contributed by atoms with Gasteiger partial charge >= 0.3 is 5.97 Å². The van der Waals surface area contributed by atoms with Crippen molar-refractivity contribution in [1.29, 1.82) is 0 Å². The number of hydrogen-bond acceptors (Lipinski definition) is 4. The zero-order valence-electron chi connectivity index (χ0n) is 11.9. The Balaban J connectivity index is 2.96. The molecule has 0 unspecified atom stereocenters. The van der Waals surface area contributed by atoms with E-state index >= 15 is 0 Å². The van der Waals surface area contributed by atoms with Gasteiger partial charge < -0.3 is 10.0 Å². The van der Waals surface area contributed by atoms with Crippen molar-refractivity contribution in [1.82, 2.24) is 19.9 Å². The van der Waals surface area contributed by atoms with Crippen LogP contribution < -0.4 is 0 Å². The van der Waals surface area contributed by atoms with Crippen LogP contribution in [-0.2, 0) is 11.3 Å². The van der Waals surface area contributed by atoms with E-state index in [1.54, 1.807) is 0 Å². The van der Waals surface area contributed by atoms with Gasteiger partial charge in [0.05, 0.1) is 0 Å². The lowest BCUT2D eigenvalue weighted by atomic mass is 10.3. The van der Waals surface area contributed by atoms with Gasteiger partial charge in [0.2, 0.25) is 5.91 Å². The van der Waals surface area contributed by atoms with Crippen molar-refractivity contribution in [3.8, 4) is 0 Å². The maximum absolute atomic E-state index is 12.9. The average Bonchev–Trinajstić information content (AvgIpc) is 2.82. The number of amides is 1. The molecule has 7 nitrogen and oxygen atoms in total. The zero-order chi connectivity index (χ0) is 16.0. The lowest BCUT2D eigenvalue weighted by molar-refractivity contribution is -0.132. The molecule has 9 heteroatoms. The highest BCUT2D eigenvalue weighted by Gasteiger charge is 2.27. The number of carbonyl (C=O) groups excluding carboxylic acids is 1. The summed E-state index contributed by atoms with van der Waals surface area (Å²) < 4.78 is 26.5. The number of carboxylic acid groups (broad SMARTS) is 1. The summed E-state index contributed by atoms with van der Waals surface area (Å²) in [6.45, 7) is 4.38. The van der Waals surface area contributed by atoms with Gasteiger partial charge in [-0.3, -0.25) is 4.79 Å². The van der Waals surface area contributed by atoms with E-state index in [4.69, 9.17) is 5.11 Å². The van der Waals surface area contributed by atoms with Crippen molar-refractivity contribution < 1.29 is 23.5 Å². The van der Waals surface area contributed by atoms with E-state index in [-0.39, 0.29) is 5.91 Å². The predicted octanol–water partition coefficient (Wildman–Crippen LogP) is 1.56. The Kier molecular flexibility index (Phi) is 6.19. The van der Waals surface area contributed by atoms with E-state index in [2.05, 4.69) is 10.3 Å². The number of aromatic nitrogens is 3. The molecule has 1 aromatic heterocycles. The fourth-order valence-electron chi connectivity index (χ4n) is 1.93. The molecule has 0 bridgehead atoms. The fourth-order valence-corrected chi connectivity index (χ4v) is 1.93. The topological polar surface area (TPSA) is 88.3 Å². The molecule has 0 saturated carbocycles. The van der Waals surface area contributed by atoms with Crippen LogP contribution in [0.15, 0.2) is 0 Å². The van der Waals surface area contributed by atoms with Gasteiger partial charge in [0.25, 0.3) is 6.43 Å². The number of rotatable bonds is 8. The summed E-state index contributed by atoms with van der Waals surface area (Å²) in [5, 5.41) is 15.4. The van der Waals surface area contributed by atoms with Gasteiger partial charge in [0, 0.05) is 13.1 Å². The molecule has 0 spiro atoms. The fraction of sp³-hybridized carbons (Fsp3) is 0.667. The van der Waals surface area contributed by atoms with Crippen LogP contribution in [0.4, 0.5) is 8.78 Å². The van der Waals surface area contributed by atoms with Gasteiger partial charge in [-0.2, -0.15) is 0 Å². The van der Waals surface area contributed by atoms with Crippen molar-refractivity contribution in [3.05, 3.63) is 11.4 Å². The Morgan fingerprint density at radius 1 is 1.29 bits per heavy atom. The molecule has 1 aromatic rings. The number of carboxylic acids is 1. The Morgan fingerprint density at radius 3 is 2.29 bits per heavy atom. The van der Waals surface area contributed by atoms with E-state index in [9.17, 15) is 18.4 Å². The normalized spacial score (nSPS) is 10.9. The molecule has 0 radical (unpaired) electrons. The van der Waals surface area contributed by atoms with Gasteiger partial charge in [0.15, 0.2) is 5.69 Å². The number of aromatic carboxylic acids is 1. The third kappa shape index (κ3) is 4.20. The number of alkyl halides is 2. The second kappa shape index (κ2) is 7.65. The highest BCUT2D eigenvalue weighted by Crippen LogP contribution is 2.21. The minimum atomic E-state index is -3.07. The second-order valence-corrected chi connectivity index (χ2v) is 4.47. The van der Waals surface area contributed by atoms with Crippen LogP contribution in [0.2, 0.25) is 0 Å². The first-order valence-electron chi connectivity index (χ1n) is 6.64. The van der Waals surface area contributed by atoms with Crippen LogP contribution in [-0.4, -0.2) is 50.0 Å². The van der Waals surface area contributed by atoms with E-state index in [1.807, 2.05) is 13.8 Å². The molecule has 1 rings (SSSR count). The van der Waals surface area contributed by atoms with Gasteiger partial charge in [-0.1, -0.05) is 19.1 Å². The van der Waals surface area contributed by atoms with Crippen LogP contribution in [0.25, 0.3) is 0 Å². The van der Waals surface area contributed by atoms with Gasteiger partial charge in [0.1, 0.15) is 12.2 Å². The minimum Gasteiger partial charge on any atom is -0.476 e. The molecule has 1 N–H and O–H groups in total. The van der Waals surface area contributed by atoms with Gasteiger partial charge in [-0.25, -0.2) is 18.3 Å². The molecule has 118 valence electrons. The molecule has 0 saturated heterocycles. The molecule has 21 heavy (non-hydrogen) atoms. The Labute approximate surface area is 120 Å². The molecule has 0 aliphatic heterocycles. The minimum absolute atomic E-state index is 0.387. The van der Waals surface area contributed by atoms with Crippen LogP contribution in [0.1, 0.15) is 49.3 Å². The monoisotopic (exact) mass is 304 g/mol. The van der Waals surface area contributed by atoms with Gasteiger partial charge in [-0.15, -0.1) is 5.10 Å². The first-order valence-corrected chi connectivity index (χ1v) is 6.64. The van der Waals surface area contributed by atoms with E-state index in [0.29, 0.717) is 17.8 Å². The maximum atomic E-state index is 12.9.